The van der Waals surface area contributed by atoms with E-state index < -0.39 is 30.1 Å². The van der Waals surface area contributed by atoms with E-state index in [2.05, 4.69) is 75.2 Å². The van der Waals surface area contributed by atoms with Crippen molar-refractivity contribution in [2.45, 2.75) is 97.8 Å². The SMILES string of the molecule is CC(C)Oc1nn(CCO[Si](C)(C)C(C)(C)C)c(C(C)(C)N(C)C[C@@H](C)OS(C)(=O)=O)c1I. The van der Waals surface area contributed by atoms with Gasteiger partial charge in [0, 0.05) is 6.54 Å². The molecule has 0 aliphatic heterocycles. The normalized spacial score (nSPS) is 14.9. The average Bonchev–Trinajstić information content (AvgIpc) is 2.87. The Morgan fingerprint density at radius 1 is 1.15 bits per heavy atom. The Balaban J connectivity index is 3.24. The molecule has 1 aromatic heterocycles. The average molecular weight is 618 g/mol. The molecule has 0 aromatic carbocycles. The fourth-order valence-electron chi connectivity index (χ4n) is 3.19. The van der Waals surface area contributed by atoms with Crippen molar-refractivity contribution >= 4 is 41.0 Å². The quantitative estimate of drug-likeness (QED) is 0.189. The van der Waals surface area contributed by atoms with E-state index in [4.69, 9.17) is 18.4 Å². The topological polar surface area (TPSA) is 82.9 Å². The van der Waals surface area contributed by atoms with E-state index in [9.17, 15) is 8.42 Å². The van der Waals surface area contributed by atoms with Gasteiger partial charge in [-0.3, -0.25) is 13.8 Å². The van der Waals surface area contributed by atoms with Crippen LogP contribution in [-0.2, 0) is 30.8 Å². The molecule has 0 aliphatic carbocycles. The van der Waals surface area contributed by atoms with Crippen molar-refractivity contribution in [1.29, 1.82) is 0 Å². The van der Waals surface area contributed by atoms with Gasteiger partial charge in [0.05, 0.1) is 46.4 Å². The summed E-state index contributed by atoms with van der Waals surface area (Å²) in [6, 6.07) is 0. The number of rotatable bonds is 12. The molecule has 1 atom stereocenters. The molecule has 0 fully saturated rings. The van der Waals surface area contributed by atoms with E-state index in [1.54, 1.807) is 6.92 Å². The third-order valence-corrected chi connectivity index (χ3v) is 12.4. The van der Waals surface area contributed by atoms with Gasteiger partial charge in [0.15, 0.2) is 8.32 Å². The minimum Gasteiger partial charge on any atom is -0.473 e. The second-order valence-corrected chi connectivity index (χ2v) is 18.5. The molecule has 1 heterocycles. The number of hydrogen-bond donors (Lipinski definition) is 0. The Morgan fingerprint density at radius 2 is 1.70 bits per heavy atom. The highest BCUT2D eigenvalue weighted by molar-refractivity contribution is 14.1. The summed E-state index contributed by atoms with van der Waals surface area (Å²) in [5.41, 5.74) is 0.542. The Kier molecular flexibility index (Phi) is 10.5. The number of nitrogens with zero attached hydrogens (tertiary/aromatic N) is 3. The Morgan fingerprint density at radius 3 is 2.15 bits per heavy atom. The van der Waals surface area contributed by atoms with Gasteiger partial charge in [-0.25, -0.2) is 0 Å². The Bertz CT molecular complexity index is 895. The van der Waals surface area contributed by atoms with Crippen LogP contribution in [0.15, 0.2) is 0 Å². The van der Waals surface area contributed by atoms with Crippen LogP contribution in [0.2, 0.25) is 18.1 Å². The number of likely N-dealkylation sites (N-methyl/N-ethyl adjacent to an activating group) is 1. The molecule has 33 heavy (non-hydrogen) atoms. The van der Waals surface area contributed by atoms with Gasteiger partial charge < -0.3 is 9.16 Å². The van der Waals surface area contributed by atoms with Crippen LogP contribution in [-0.4, -0.2) is 70.1 Å². The molecule has 0 aliphatic rings. The van der Waals surface area contributed by atoms with Crippen LogP contribution in [0, 0.1) is 3.57 Å². The smallest absolute Gasteiger partial charge is 0.264 e. The second-order valence-electron chi connectivity index (χ2n) is 11.0. The highest BCUT2D eigenvalue weighted by Gasteiger charge is 2.38. The van der Waals surface area contributed by atoms with Crippen molar-refractivity contribution in [3.8, 4) is 5.88 Å². The van der Waals surface area contributed by atoms with Gasteiger partial charge in [-0.2, -0.15) is 8.42 Å². The van der Waals surface area contributed by atoms with Gasteiger partial charge in [0.25, 0.3) is 10.1 Å². The van der Waals surface area contributed by atoms with E-state index >= 15 is 0 Å². The monoisotopic (exact) mass is 617 g/mol. The summed E-state index contributed by atoms with van der Waals surface area (Å²) in [6.07, 6.45) is 0.596. The van der Waals surface area contributed by atoms with Crippen molar-refractivity contribution in [2.75, 3.05) is 26.5 Å². The lowest BCUT2D eigenvalue weighted by molar-refractivity contribution is 0.0875. The molecular formula is C22H44IN3O5SSi. The molecule has 0 spiro atoms. The van der Waals surface area contributed by atoms with Crippen molar-refractivity contribution in [1.82, 2.24) is 14.7 Å². The summed E-state index contributed by atoms with van der Waals surface area (Å²) in [5, 5.41) is 4.92. The number of halogens is 1. The molecular weight excluding hydrogens is 573 g/mol. The Labute approximate surface area is 216 Å². The van der Waals surface area contributed by atoms with Gasteiger partial charge in [-0.15, -0.1) is 5.10 Å². The fourth-order valence-corrected chi connectivity index (χ4v) is 6.06. The fraction of sp³-hybridized carbons (Fsp3) is 0.864. The molecule has 8 nitrogen and oxygen atoms in total. The molecule has 11 heteroatoms. The van der Waals surface area contributed by atoms with Crippen molar-refractivity contribution < 1.29 is 21.8 Å². The highest BCUT2D eigenvalue weighted by atomic mass is 127. The highest BCUT2D eigenvalue weighted by Crippen LogP contribution is 2.38. The van der Waals surface area contributed by atoms with Crippen molar-refractivity contribution in [3.05, 3.63) is 9.26 Å². The number of hydrogen-bond acceptors (Lipinski definition) is 7. The minimum absolute atomic E-state index is 0.00206. The maximum absolute atomic E-state index is 11.5. The maximum atomic E-state index is 11.5. The third-order valence-electron chi connectivity index (χ3n) is 6.19. The van der Waals surface area contributed by atoms with Crippen LogP contribution in [0.3, 0.4) is 0 Å². The van der Waals surface area contributed by atoms with E-state index in [1.807, 2.05) is 25.6 Å². The van der Waals surface area contributed by atoms with Crippen LogP contribution in [0.25, 0.3) is 0 Å². The first-order valence-corrected chi connectivity index (χ1v) is 17.2. The first kappa shape index (κ1) is 30.8. The van der Waals surface area contributed by atoms with Gasteiger partial charge in [-0.05, 0) is 82.4 Å². The molecule has 0 saturated heterocycles. The standard InChI is InChI=1S/C22H44IN3O5SSi/c1-16(2)30-20-18(23)19(22(7,8)25(9)15-17(3)31-32(10,27)28)26(24-20)13-14-29-33(11,12)21(4,5)6/h16-17H,13-15H2,1-12H3/t17-/m1/s1. The molecule has 1 aromatic rings. The zero-order valence-electron chi connectivity index (χ0n) is 22.4. The summed E-state index contributed by atoms with van der Waals surface area (Å²) in [6.45, 7) is 22.7. The molecule has 0 saturated carbocycles. The first-order valence-electron chi connectivity index (χ1n) is 11.4. The zero-order chi connectivity index (χ0) is 26.0. The first-order chi connectivity index (χ1) is 14.7. The summed E-state index contributed by atoms with van der Waals surface area (Å²) < 4.78 is 43.6. The number of aromatic nitrogens is 2. The van der Waals surface area contributed by atoms with Gasteiger partial charge in [-0.1, -0.05) is 20.8 Å². The summed E-state index contributed by atoms with van der Waals surface area (Å²) in [7, 11) is -3.44. The molecule has 0 amide bonds. The lowest BCUT2D eigenvalue weighted by Gasteiger charge is -2.38. The largest absolute Gasteiger partial charge is 0.473 e. The van der Waals surface area contributed by atoms with E-state index in [0.717, 1.165) is 15.5 Å². The Hall–Kier alpha value is -0.213. The van der Waals surface area contributed by atoms with Crippen LogP contribution in [0.5, 0.6) is 5.88 Å². The van der Waals surface area contributed by atoms with E-state index in [-0.39, 0.29) is 11.1 Å². The second kappa shape index (κ2) is 11.2. The predicted octanol–water partition coefficient (Wildman–Crippen LogP) is 4.83. The van der Waals surface area contributed by atoms with Crippen molar-refractivity contribution in [2.24, 2.45) is 0 Å². The summed E-state index contributed by atoms with van der Waals surface area (Å²) in [4.78, 5) is 2.09. The molecule has 0 N–H and O–H groups in total. The third kappa shape index (κ3) is 8.75. The van der Waals surface area contributed by atoms with Gasteiger partial charge >= 0.3 is 0 Å². The lowest BCUT2D eigenvalue weighted by atomic mass is 9.98. The van der Waals surface area contributed by atoms with Crippen LogP contribution in [0.4, 0.5) is 0 Å². The van der Waals surface area contributed by atoms with E-state index in [0.29, 0.717) is 25.6 Å². The van der Waals surface area contributed by atoms with Gasteiger partial charge in [0.1, 0.15) is 0 Å². The van der Waals surface area contributed by atoms with E-state index in [1.165, 1.54) is 0 Å². The minimum atomic E-state index is -3.52. The van der Waals surface area contributed by atoms with Gasteiger partial charge in [0.2, 0.25) is 5.88 Å². The number of ether oxygens (including phenoxy) is 1. The molecule has 0 radical (unpaired) electrons. The molecule has 0 bridgehead atoms. The van der Waals surface area contributed by atoms with Crippen LogP contribution in [0.1, 0.15) is 61.1 Å². The van der Waals surface area contributed by atoms with Crippen LogP contribution >= 0.6 is 22.6 Å². The molecule has 194 valence electrons. The molecule has 0 unspecified atom stereocenters. The maximum Gasteiger partial charge on any atom is 0.264 e. The van der Waals surface area contributed by atoms with Crippen molar-refractivity contribution in [3.63, 3.8) is 0 Å². The lowest BCUT2D eigenvalue weighted by Crippen LogP contribution is -2.45. The summed E-state index contributed by atoms with van der Waals surface area (Å²) >= 11 is 2.30. The van der Waals surface area contributed by atoms with Crippen LogP contribution < -0.4 is 4.74 Å². The zero-order valence-corrected chi connectivity index (χ0v) is 26.4. The predicted molar refractivity (Wildman–Crippen MR) is 145 cm³/mol. The summed E-state index contributed by atoms with van der Waals surface area (Å²) in [5.74, 6) is 0.606. The molecule has 1 rings (SSSR count).